The first-order valence-electron chi connectivity index (χ1n) is 8.84. The summed E-state index contributed by atoms with van der Waals surface area (Å²) in [4.78, 5) is 1.06. The van der Waals surface area contributed by atoms with Crippen molar-refractivity contribution in [2.45, 2.75) is 22.8 Å². The van der Waals surface area contributed by atoms with Gasteiger partial charge in [-0.25, -0.2) is 8.78 Å². The predicted molar refractivity (Wildman–Crippen MR) is 106 cm³/mol. The molecule has 0 fully saturated rings. The highest BCUT2D eigenvalue weighted by molar-refractivity contribution is 7.99. The third-order valence-electron chi connectivity index (χ3n) is 4.55. The van der Waals surface area contributed by atoms with Crippen molar-refractivity contribution in [2.24, 2.45) is 0 Å². The fraction of sp³-hybridized carbons (Fsp3) is 0.143. The second kappa shape index (κ2) is 7.90. The Morgan fingerprint density at radius 1 is 1.07 bits per heavy atom. The molecule has 5 nitrogen and oxygen atoms in total. The monoisotopic (exact) mass is 413 g/mol. The van der Waals surface area contributed by atoms with E-state index in [0.29, 0.717) is 21.9 Å². The highest BCUT2D eigenvalue weighted by atomic mass is 32.2. The van der Waals surface area contributed by atoms with Crippen LogP contribution in [0.4, 0.5) is 8.78 Å². The molecule has 2 N–H and O–H groups in total. The molecule has 0 radical (unpaired) electrons. The largest absolute Gasteiger partial charge is 0.393 e. The van der Waals surface area contributed by atoms with Crippen molar-refractivity contribution in [1.29, 1.82) is 0 Å². The molecule has 4 rings (SSSR count). The normalized spacial score (nSPS) is 12.4. The van der Waals surface area contributed by atoms with E-state index in [1.54, 1.807) is 34.9 Å². The van der Waals surface area contributed by atoms with Crippen LogP contribution in [0.1, 0.15) is 17.2 Å². The Balaban J connectivity index is 1.72. The number of aliphatic hydroxyl groups excluding tert-OH is 2. The molecule has 2 heterocycles. The van der Waals surface area contributed by atoms with Crippen molar-refractivity contribution in [3.05, 3.63) is 77.5 Å². The Kier molecular flexibility index (Phi) is 5.31. The van der Waals surface area contributed by atoms with E-state index in [1.807, 2.05) is 13.0 Å². The van der Waals surface area contributed by atoms with Gasteiger partial charge < -0.3 is 10.2 Å². The van der Waals surface area contributed by atoms with Gasteiger partial charge in [0.05, 0.1) is 6.61 Å². The van der Waals surface area contributed by atoms with Crippen LogP contribution in [0.25, 0.3) is 17.0 Å². The molecule has 0 aliphatic carbocycles. The first-order chi connectivity index (χ1) is 14.0. The summed E-state index contributed by atoms with van der Waals surface area (Å²) in [5, 5.41) is 27.4. The zero-order chi connectivity index (χ0) is 20.5. The minimum Gasteiger partial charge on any atom is -0.393 e. The maximum atomic E-state index is 14.0. The number of rotatable bonds is 5. The van der Waals surface area contributed by atoms with Gasteiger partial charge >= 0.3 is 0 Å². The topological polar surface area (TPSA) is 70.7 Å². The molecule has 1 atom stereocenters. The zero-order valence-electron chi connectivity index (χ0n) is 15.4. The van der Waals surface area contributed by atoms with E-state index >= 15 is 0 Å². The van der Waals surface area contributed by atoms with Gasteiger partial charge in [0.15, 0.2) is 11.5 Å². The molecule has 0 saturated heterocycles. The van der Waals surface area contributed by atoms with Crippen LogP contribution in [0.15, 0.2) is 64.5 Å². The highest BCUT2D eigenvalue weighted by Crippen LogP contribution is 2.32. The zero-order valence-corrected chi connectivity index (χ0v) is 16.2. The van der Waals surface area contributed by atoms with Gasteiger partial charge in [0.2, 0.25) is 0 Å². The summed E-state index contributed by atoms with van der Waals surface area (Å²) < 4.78 is 28.9. The van der Waals surface area contributed by atoms with Gasteiger partial charge in [0.25, 0.3) is 0 Å². The molecule has 2 aromatic carbocycles. The Bertz CT molecular complexity index is 1200. The number of aliphatic hydroxyl groups is 2. The summed E-state index contributed by atoms with van der Waals surface area (Å²) in [5.41, 5.74) is 2.93. The third kappa shape index (κ3) is 3.87. The summed E-state index contributed by atoms with van der Waals surface area (Å²) in [5.74, 6) is -0.633. The molecule has 29 heavy (non-hydrogen) atoms. The lowest BCUT2D eigenvalue weighted by molar-refractivity contribution is 0.0956. The van der Waals surface area contributed by atoms with Crippen LogP contribution in [-0.2, 0) is 0 Å². The molecular formula is C21H17F2N3O2S. The Hall–Kier alpha value is -2.81. The van der Waals surface area contributed by atoms with E-state index in [4.69, 9.17) is 5.11 Å². The standard InChI is InChI=1S/C21H17F2N3O2S/c1-12-8-13(18(28)11-27)2-5-16(12)21-25-24-20-7-4-15(10-26(20)21)29-19-6-3-14(22)9-17(19)23/h2-10,18,27-28H,11H2,1H3. The number of hydrogen-bond acceptors (Lipinski definition) is 5. The molecule has 2 aromatic heterocycles. The summed E-state index contributed by atoms with van der Waals surface area (Å²) in [7, 11) is 0. The van der Waals surface area contributed by atoms with Crippen molar-refractivity contribution in [3.63, 3.8) is 0 Å². The van der Waals surface area contributed by atoms with Crippen LogP contribution >= 0.6 is 11.8 Å². The van der Waals surface area contributed by atoms with Crippen molar-refractivity contribution in [1.82, 2.24) is 14.6 Å². The number of nitrogens with zero attached hydrogens (tertiary/aromatic N) is 3. The smallest absolute Gasteiger partial charge is 0.168 e. The van der Waals surface area contributed by atoms with E-state index < -0.39 is 17.7 Å². The molecule has 4 aromatic rings. The lowest BCUT2D eigenvalue weighted by Crippen LogP contribution is -2.03. The van der Waals surface area contributed by atoms with E-state index in [1.165, 1.54) is 23.9 Å². The molecule has 0 spiro atoms. The van der Waals surface area contributed by atoms with Crippen LogP contribution in [0.2, 0.25) is 0 Å². The average molecular weight is 413 g/mol. The van der Waals surface area contributed by atoms with Crippen molar-refractivity contribution in [3.8, 4) is 11.4 Å². The van der Waals surface area contributed by atoms with Crippen LogP contribution < -0.4 is 0 Å². The van der Waals surface area contributed by atoms with Gasteiger partial charge in [0, 0.05) is 27.6 Å². The maximum absolute atomic E-state index is 14.0. The van der Waals surface area contributed by atoms with Crippen LogP contribution in [0.5, 0.6) is 0 Å². The lowest BCUT2D eigenvalue weighted by atomic mass is 10.0. The fourth-order valence-electron chi connectivity index (χ4n) is 3.05. The first kappa shape index (κ1) is 19.5. The SMILES string of the molecule is Cc1cc(C(O)CO)ccc1-c1nnc2ccc(Sc3ccc(F)cc3F)cn12. The number of hydrogen-bond donors (Lipinski definition) is 2. The molecule has 0 aliphatic rings. The number of benzene rings is 2. The van der Waals surface area contributed by atoms with E-state index in [2.05, 4.69) is 10.2 Å². The van der Waals surface area contributed by atoms with Crippen molar-refractivity contribution in [2.75, 3.05) is 6.61 Å². The van der Waals surface area contributed by atoms with Gasteiger partial charge in [-0.15, -0.1) is 10.2 Å². The lowest BCUT2D eigenvalue weighted by Gasteiger charge is -2.11. The third-order valence-corrected chi connectivity index (χ3v) is 5.57. The highest BCUT2D eigenvalue weighted by Gasteiger charge is 2.14. The molecular weight excluding hydrogens is 396 g/mol. The summed E-state index contributed by atoms with van der Waals surface area (Å²) in [6.07, 6.45) is 0.861. The minimum atomic E-state index is -0.938. The summed E-state index contributed by atoms with van der Waals surface area (Å²) in [6.45, 7) is 1.53. The minimum absolute atomic E-state index is 0.318. The van der Waals surface area contributed by atoms with Crippen LogP contribution in [0, 0.1) is 18.6 Å². The summed E-state index contributed by atoms with van der Waals surface area (Å²) >= 11 is 1.18. The molecule has 8 heteroatoms. The summed E-state index contributed by atoms with van der Waals surface area (Å²) in [6, 6.07) is 12.4. The average Bonchev–Trinajstić information content (AvgIpc) is 3.12. The van der Waals surface area contributed by atoms with Gasteiger partial charge in [-0.2, -0.15) is 0 Å². The van der Waals surface area contributed by atoms with E-state index in [0.717, 1.165) is 22.1 Å². The quantitative estimate of drug-likeness (QED) is 0.514. The van der Waals surface area contributed by atoms with Crippen molar-refractivity contribution >= 4 is 17.4 Å². The van der Waals surface area contributed by atoms with Gasteiger partial charge in [0.1, 0.15) is 17.7 Å². The Morgan fingerprint density at radius 3 is 2.62 bits per heavy atom. The van der Waals surface area contributed by atoms with Gasteiger partial charge in [-0.3, -0.25) is 4.40 Å². The second-order valence-electron chi connectivity index (χ2n) is 6.57. The number of fused-ring (bicyclic) bond motifs is 1. The van der Waals surface area contributed by atoms with E-state index in [-0.39, 0.29) is 6.61 Å². The molecule has 0 amide bonds. The first-order valence-corrected chi connectivity index (χ1v) is 9.65. The Morgan fingerprint density at radius 2 is 1.90 bits per heavy atom. The number of aromatic nitrogens is 3. The molecule has 0 aliphatic heterocycles. The number of aryl methyl sites for hydroxylation is 1. The van der Waals surface area contributed by atoms with Gasteiger partial charge in [-0.1, -0.05) is 30.0 Å². The van der Waals surface area contributed by atoms with Gasteiger partial charge in [-0.05, 0) is 42.3 Å². The van der Waals surface area contributed by atoms with E-state index in [9.17, 15) is 13.9 Å². The molecule has 0 bridgehead atoms. The number of halogens is 2. The Labute approximate surface area is 169 Å². The molecule has 148 valence electrons. The second-order valence-corrected chi connectivity index (χ2v) is 7.68. The molecule has 0 saturated carbocycles. The number of pyridine rings is 1. The fourth-order valence-corrected chi connectivity index (χ4v) is 3.89. The maximum Gasteiger partial charge on any atom is 0.168 e. The van der Waals surface area contributed by atoms with Crippen molar-refractivity contribution < 1.29 is 19.0 Å². The predicted octanol–water partition coefficient (Wildman–Crippen LogP) is 4.16. The van der Waals surface area contributed by atoms with Crippen LogP contribution in [0.3, 0.4) is 0 Å². The molecule has 1 unspecified atom stereocenters. The van der Waals surface area contributed by atoms with Crippen LogP contribution in [-0.4, -0.2) is 31.4 Å².